The minimum atomic E-state index is 0.794. The van der Waals surface area contributed by atoms with E-state index in [4.69, 9.17) is 0 Å². The molecule has 4 nitrogen and oxygen atoms in total. The van der Waals surface area contributed by atoms with Crippen molar-refractivity contribution in [1.29, 1.82) is 0 Å². The molecular weight excluding hydrogens is 236 g/mol. The van der Waals surface area contributed by atoms with Crippen LogP contribution in [0.25, 0.3) is 0 Å². The van der Waals surface area contributed by atoms with Gasteiger partial charge in [0.1, 0.15) is 0 Å². The summed E-state index contributed by atoms with van der Waals surface area (Å²) in [5.74, 6) is 0. The van der Waals surface area contributed by atoms with Gasteiger partial charge in [0.05, 0.1) is 12.2 Å². The van der Waals surface area contributed by atoms with E-state index in [1.54, 1.807) is 0 Å². The summed E-state index contributed by atoms with van der Waals surface area (Å²) in [5, 5.41) is 3.17. The second kappa shape index (κ2) is 6.29. The van der Waals surface area contributed by atoms with Gasteiger partial charge in [-0.3, -0.25) is 9.97 Å². The third kappa shape index (κ3) is 3.51. The highest BCUT2D eigenvalue weighted by Crippen LogP contribution is 2.19. The van der Waals surface area contributed by atoms with Gasteiger partial charge in [-0.05, 0) is 32.2 Å². The maximum absolute atomic E-state index is 4.54. The molecule has 0 aliphatic heterocycles. The van der Waals surface area contributed by atoms with Crippen LogP contribution in [0.5, 0.6) is 0 Å². The molecule has 0 aromatic carbocycles. The van der Waals surface area contributed by atoms with Crippen molar-refractivity contribution >= 4 is 5.69 Å². The fraction of sp³-hybridized carbons (Fsp3) is 0.333. The Morgan fingerprint density at radius 2 is 2.11 bits per heavy atom. The Morgan fingerprint density at radius 3 is 2.84 bits per heavy atom. The predicted molar refractivity (Wildman–Crippen MR) is 78.1 cm³/mol. The Balaban J connectivity index is 2.17. The van der Waals surface area contributed by atoms with Crippen LogP contribution in [0.2, 0.25) is 0 Å². The molecule has 1 N–H and O–H groups in total. The lowest BCUT2D eigenvalue weighted by molar-refractivity contribution is 0.796. The number of rotatable bonds is 5. The zero-order chi connectivity index (χ0) is 13.7. The molecule has 2 aromatic heterocycles. The average molecular weight is 256 g/mol. The summed E-state index contributed by atoms with van der Waals surface area (Å²) in [6, 6.07) is 8.17. The van der Waals surface area contributed by atoms with Gasteiger partial charge in [0.15, 0.2) is 0 Å². The van der Waals surface area contributed by atoms with E-state index in [1.165, 1.54) is 11.3 Å². The number of hydrogen-bond acceptors (Lipinski definition) is 4. The lowest BCUT2D eigenvalue weighted by atomic mass is 10.2. The Kier molecular flexibility index (Phi) is 4.47. The molecule has 0 aliphatic carbocycles. The van der Waals surface area contributed by atoms with Gasteiger partial charge in [0.2, 0.25) is 0 Å². The van der Waals surface area contributed by atoms with Gasteiger partial charge in [-0.2, -0.15) is 0 Å². The van der Waals surface area contributed by atoms with Crippen molar-refractivity contribution in [3.63, 3.8) is 0 Å². The van der Waals surface area contributed by atoms with Gasteiger partial charge >= 0.3 is 0 Å². The number of nitrogens with one attached hydrogen (secondary N) is 1. The summed E-state index contributed by atoms with van der Waals surface area (Å²) in [6.07, 6.45) is 3.74. The zero-order valence-electron chi connectivity index (χ0n) is 11.7. The van der Waals surface area contributed by atoms with Crippen LogP contribution in [-0.2, 0) is 13.1 Å². The molecule has 100 valence electrons. The van der Waals surface area contributed by atoms with E-state index < -0.39 is 0 Å². The van der Waals surface area contributed by atoms with E-state index in [0.717, 1.165) is 24.5 Å². The molecule has 0 unspecified atom stereocenters. The minimum Gasteiger partial charge on any atom is -0.368 e. The van der Waals surface area contributed by atoms with Crippen LogP contribution >= 0.6 is 0 Å². The summed E-state index contributed by atoms with van der Waals surface area (Å²) in [4.78, 5) is 10.9. The van der Waals surface area contributed by atoms with E-state index >= 15 is 0 Å². The van der Waals surface area contributed by atoms with Crippen molar-refractivity contribution in [2.45, 2.75) is 20.0 Å². The molecule has 2 heterocycles. The molecule has 0 radical (unpaired) electrons. The fourth-order valence-corrected chi connectivity index (χ4v) is 2.13. The first-order valence-corrected chi connectivity index (χ1v) is 6.42. The second-order valence-electron chi connectivity index (χ2n) is 4.66. The number of pyridine rings is 2. The largest absolute Gasteiger partial charge is 0.368 e. The molecule has 0 atom stereocenters. The van der Waals surface area contributed by atoms with Crippen LogP contribution in [0.1, 0.15) is 17.0 Å². The molecule has 0 saturated heterocycles. The number of nitrogens with zero attached hydrogens (tertiary/aromatic N) is 3. The lowest BCUT2D eigenvalue weighted by Crippen LogP contribution is -2.20. The number of aromatic nitrogens is 2. The summed E-state index contributed by atoms with van der Waals surface area (Å²) in [7, 11) is 4.03. The van der Waals surface area contributed by atoms with Crippen molar-refractivity contribution in [2.24, 2.45) is 0 Å². The Labute approximate surface area is 114 Å². The topological polar surface area (TPSA) is 41.1 Å². The number of aryl methyl sites for hydroxylation is 1. The average Bonchev–Trinajstić information content (AvgIpc) is 2.39. The van der Waals surface area contributed by atoms with Crippen molar-refractivity contribution in [3.05, 3.63) is 53.6 Å². The monoisotopic (exact) mass is 256 g/mol. The zero-order valence-corrected chi connectivity index (χ0v) is 11.7. The van der Waals surface area contributed by atoms with Gasteiger partial charge in [0, 0.05) is 42.9 Å². The normalized spacial score (nSPS) is 10.5. The smallest absolute Gasteiger partial charge is 0.0600 e. The van der Waals surface area contributed by atoms with Gasteiger partial charge in [0.25, 0.3) is 0 Å². The Hall–Kier alpha value is -1.94. The summed E-state index contributed by atoms with van der Waals surface area (Å²) < 4.78 is 0. The van der Waals surface area contributed by atoms with Crippen LogP contribution in [0.15, 0.2) is 36.7 Å². The van der Waals surface area contributed by atoms with Gasteiger partial charge in [-0.1, -0.05) is 6.07 Å². The molecule has 19 heavy (non-hydrogen) atoms. The first-order chi connectivity index (χ1) is 9.20. The van der Waals surface area contributed by atoms with Crippen LogP contribution < -0.4 is 10.2 Å². The molecule has 0 fully saturated rings. The maximum Gasteiger partial charge on any atom is 0.0600 e. The van der Waals surface area contributed by atoms with Gasteiger partial charge in [-0.15, -0.1) is 0 Å². The van der Waals surface area contributed by atoms with Crippen molar-refractivity contribution in [2.75, 3.05) is 19.0 Å². The molecule has 4 heteroatoms. The minimum absolute atomic E-state index is 0.794. The second-order valence-corrected chi connectivity index (χ2v) is 4.66. The molecule has 0 amide bonds. The lowest BCUT2D eigenvalue weighted by Gasteiger charge is -2.22. The SMILES string of the molecule is CNCc1cnccc1N(C)Cc1cccc(C)n1. The fourth-order valence-electron chi connectivity index (χ4n) is 2.13. The molecule has 2 aromatic rings. The molecule has 0 saturated carbocycles. The molecule has 0 spiro atoms. The molecule has 0 bridgehead atoms. The molecule has 0 aliphatic rings. The van der Waals surface area contributed by atoms with Crippen LogP contribution in [0.4, 0.5) is 5.69 Å². The van der Waals surface area contributed by atoms with Gasteiger partial charge in [-0.25, -0.2) is 0 Å². The highest BCUT2D eigenvalue weighted by Gasteiger charge is 2.08. The van der Waals surface area contributed by atoms with Crippen LogP contribution in [0.3, 0.4) is 0 Å². The van der Waals surface area contributed by atoms with Gasteiger partial charge < -0.3 is 10.2 Å². The highest BCUT2D eigenvalue weighted by atomic mass is 15.1. The maximum atomic E-state index is 4.54. The van der Waals surface area contributed by atoms with Crippen molar-refractivity contribution in [1.82, 2.24) is 15.3 Å². The first-order valence-electron chi connectivity index (χ1n) is 6.42. The van der Waals surface area contributed by atoms with E-state index in [-0.39, 0.29) is 0 Å². The first kappa shape index (κ1) is 13.5. The Morgan fingerprint density at radius 1 is 1.26 bits per heavy atom. The number of hydrogen-bond donors (Lipinski definition) is 1. The highest BCUT2D eigenvalue weighted by molar-refractivity contribution is 5.51. The van der Waals surface area contributed by atoms with Crippen molar-refractivity contribution in [3.8, 4) is 0 Å². The Bertz CT molecular complexity index is 539. The van der Waals surface area contributed by atoms with E-state index in [1.807, 2.05) is 44.6 Å². The van der Waals surface area contributed by atoms with E-state index in [9.17, 15) is 0 Å². The third-order valence-corrected chi connectivity index (χ3v) is 3.00. The summed E-state index contributed by atoms with van der Waals surface area (Å²) in [5.41, 5.74) is 4.51. The van der Waals surface area contributed by atoms with E-state index in [0.29, 0.717) is 0 Å². The van der Waals surface area contributed by atoms with Crippen LogP contribution in [0, 0.1) is 6.92 Å². The summed E-state index contributed by atoms with van der Waals surface area (Å²) in [6.45, 7) is 3.62. The number of anilines is 1. The quantitative estimate of drug-likeness (QED) is 0.890. The summed E-state index contributed by atoms with van der Waals surface area (Å²) >= 11 is 0. The standard InChI is InChI=1S/C15H20N4/c1-12-5-4-6-14(18-12)11-19(3)15-7-8-17-10-13(15)9-16-2/h4-8,10,16H,9,11H2,1-3H3. The van der Waals surface area contributed by atoms with Crippen molar-refractivity contribution < 1.29 is 0 Å². The molecule has 2 rings (SSSR count). The molecular formula is C15H20N4. The predicted octanol–water partition coefficient (Wildman–Crippen LogP) is 2.14. The van der Waals surface area contributed by atoms with E-state index in [2.05, 4.69) is 33.3 Å². The van der Waals surface area contributed by atoms with Crippen LogP contribution in [-0.4, -0.2) is 24.1 Å². The third-order valence-electron chi connectivity index (χ3n) is 3.00.